The molecule has 0 atom stereocenters. The predicted octanol–water partition coefficient (Wildman–Crippen LogP) is -0.246. The number of nitrogens with one attached hydrogen (secondary N) is 2. The molecule has 0 fully saturated rings. The molecule has 0 bridgehead atoms. The number of anilines is 2. The molecule has 7 nitrogen and oxygen atoms in total. The van der Waals surface area contributed by atoms with Crippen molar-refractivity contribution in [2.24, 2.45) is 0 Å². The minimum absolute atomic E-state index is 0.0663. The van der Waals surface area contributed by atoms with Gasteiger partial charge in [0, 0.05) is 6.20 Å². The molecule has 2 rings (SSSR count). The van der Waals surface area contributed by atoms with Gasteiger partial charge in [-0.25, -0.2) is 15.0 Å². The number of hydrogen-bond acceptors (Lipinski definition) is 6. The van der Waals surface area contributed by atoms with E-state index in [1.165, 1.54) is 12.7 Å². The van der Waals surface area contributed by atoms with Gasteiger partial charge in [-0.15, -0.1) is 0 Å². The van der Waals surface area contributed by atoms with Gasteiger partial charge in [0.05, 0.1) is 18.6 Å². The highest BCUT2D eigenvalue weighted by Gasteiger charge is 2.03. The first-order valence-electron chi connectivity index (χ1n) is 4.59. The van der Waals surface area contributed by atoms with Crippen molar-refractivity contribution in [2.75, 3.05) is 11.1 Å². The van der Waals surface area contributed by atoms with Crippen molar-refractivity contribution in [3.05, 3.63) is 41.0 Å². The predicted molar refractivity (Wildman–Crippen MR) is 58.6 cm³/mol. The van der Waals surface area contributed by atoms with E-state index in [4.69, 9.17) is 5.73 Å². The molecule has 0 unspecified atom stereocenters. The van der Waals surface area contributed by atoms with Gasteiger partial charge in [0.2, 0.25) is 0 Å². The molecule has 0 radical (unpaired) electrons. The van der Waals surface area contributed by atoms with Crippen LogP contribution >= 0.6 is 0 Å². The molecular formula is C9H10N6O. The van der Waals surface area contributed by atoms with Crippen LogP contribution < -0.4 is 16.6 Å². The Kier molecular flexibility index (Phi) is 2.77. The minimum Gasteiger partial charge on any atom is -0.391 e. The molecule has 0 aliphatic rings. The van der Waals surface area contributed by atoms with Crippen LogP contribution in [-0.4, -0.2) is 19.9 Å². The standard InChI is InChI=1S/C9H10N6O/c10-7-8(14-5-15-9(7)16)12-3-6-1-2-11-4-13-6/h1-2,4-5H,3,10H2,(H2,12,14,15,16). The Balaban J connectivity index is 2.11. The SMILES string of the molecule is Nc1c(NCc2ccncn2)nc[nH]c1=O. The average molecular weight is 218 g/mol. The van der Waals surface area contributed by atoms with Crippen LogP contribution in [0.2, 0.25) is 0 Å². The molecule has 2 heterocycles. The summed E-state index contributed by atoms with van der Waals surface area (Å²) in [5.74, 6) is 0.349. The molecule has 0 saturated carbocycles. The highest BCUT2D eigenvalue weighted by atomic mass is 16.1. The highest BCUT2D eigenvalue weighted by molar-refractivity contribution is 5.58. The third kappa shape index (κ3) is 2.14. The van der Waals surface area contributed by atoms with Gasteiger partial charge in [-0.2, -0.15) is 0 Å². The van der Waals surface area contributed by atoms with Crippen molar-refractivity contribution < 1.29 is 0 Å². The third-order valence-corrected chi connectivity index (χ3v) is 1.97. The summed E-state index contributed by atoms with van der Waals surface area (Å²) < 4.78 is 0. The zero-order chi connectivity index (χ0) is 11.4. The summed E-state index contributed by atoms with van der Waals surface area (Å²) in [6, 6.07) is 1.76. The van der Waals surface area contributed by atoms with Crippen LogP contribution in [-0.2, 0) is 6.54 Å². The molecule has 7 heteroatoms. The number of nitrogens with two attached hydrogens (primary N) is 1. The van der Waals surface area contributed by atoms with Gasteiger partial charge in [0.15, 0.2) is 5.82 Å². The monoisotopic (exact) mass is 218 g/mol. The van der Waals surface area contributed by atoms with Crippen molar-refractivity contribution in [1.29, 1.82) is 0 Å². The van der Waals surface area contributed by atoms with Crippen LogP contribution in [0.25, 0.3) is 0 Å². The van der Waals surface area contributed by atoms with Crippen molar-refractivity contribution >= 4 is 11.5 Å². The van der Waals surface area contributed by atoms with E-state index in [0.29, 0.717) is 12.4 Å². The Morgan fingerprint density at radius 3 is 3.06 bits per heavy atom. The van der Waals surface area contributed by atoms with Crippen molar-refractivity contribution in [1.82, 2.24) is 19.9 Å². The highest BCUT2D eigenvalue weighted by Crippen LogP contribution is 2.08. The molecule has 0 aliphatic heterocycles. The summed E-state index contributed by atoms with van der Waals surface area (Å²) in [5.41, 5.74) is 6.04. The second kappa shape index (κ2) is 4.39. The first-order chi connectivity index (χ1) is 7.77. The largest absolute Gasteiger partial charge is 0.391 e. The Bertz CT molecular complexity index is 523. The molecule has 2 aromatic rings. The third-order valence-electron chi connectivity index (χ3n) is 1.97. The lowest BCUT2D eigenvalue weighted by Gasteiger charge is -2.05. The smallest absolute Gasteiger partial charge is 0.276 e. The van der Waals surface area contributed by atoms with Crippen LogP contribution in [0.4, 0.5) is 11.5 Å². The molecule has 0 spiro atoms. The number of hydrogen-bond donors (Lipinski definition) is 3. The van der Waals surface area contributed by atoms with Crippen LogP contribution in [0, 0.1) is 0 Å². The van der Waals surface area contributed by atoms with E-state index in [-0.39, 0.29) is 11.2 Å². The number of rotatable bonds is 3. The zero-order valence-electron chi connectivity index (χ0n) is 8.34. The van der Waals surface area contributed by atoms with E-state index in [9.17, 15) is 4.79 Å². The normalized spacial score (nSPS) is 10.0. The van der Waals surface area contributed by atoms with Crippen molar-refractivity contribution in [2.45, 2.75) is 6.54 Å². The number of H-pyrrole nitrogens is 1. The summed E-state index contributed by atoms with van der Waals surface area (Å²) in [6.45, 7) is 0.434. The molecule has 0 amide bonds. The Labute approximate surface area is 90.8 Å². The first kappa shape index (κ1) is 10.1. The second-order valence-electron chi connectivity index (χ2n) is 3.05. The van der Waals surface area contributed by atoms with Gasteiger partial charge >= 0.3 is 0 Å². The lowest BCUT2D eigenvalue weighted by molar-refractivity contribution is 0.989. The molecule has 0 aromatic carbocycles. The molecule has 82 valence electrons. The molecule has 0 aliphatic carbocycles. The quantitative estimate of drug-likeness (QED) is 0.655. The number of nitrogens with zero attached hydrogens (tertiary/aromatic N) is 3. The van der Waals surface area contributed by atoms with Crippen LogP contribution in [0.3, 0.4) is 0 Å². The van der Waals surface area contributed by atoms with Gasteiger partial charge in [0.1, 0.15) is 12.0 Å². The second-order valence-corrected chi connectivity index (χ2v) is 3.05. The lowest BCUT2D eigenvalue weighted by atomic mass is 10.4. The topological polar surface area (TPSA) is 110 Å². The molecule has 0 saturated heterocycles. The van der Waals surface area contributed by atoms with E-state index < -0.39 is 0 Å². The van der Waals surface area contributed by atoms with Crippen LogP contribution in [0.5, 0.6) is 0 Å². The lowest BCUT2D eigenvalue weighted by Crippen LogP contribution is -2.16. The Hall–Kier alpha value is -2.44. The molecule has 16 heavy (non-hydrogen) atoms. The summed E-state index contributed by atoms with van der Waals surface area (Å²) >= 11 is 0. The summed E-state index contributed by atoms with van der Waals surface area (Å²) in [5, 5.41) is 2.92. The molecular weight excluding hydrogens is 208 g/mol. The van der Waals surface area contributed by atoms with E-state index in [1.54, 1.807) is 12.3 Å². The first-order valence-corrected chi connectivity index (χ1v) is 4.59. The number of aromatic amines is 1. The van der Waals surface area contributed by atoms with Gasteiger partial charge in [-0.1, -0.05) is 0 Å². The maximum Gasteiger partial charge on any atom is 0.276 e. The zero-order valence-corrected chi connectivity index (χ0v) is 8.34. The fraction of sp³-hybridized carbons (Fsp3) is 0.111. The van der Waals surface area contributed by atoms with Crippen LogP contribution in [0.15, 0.2) is 29.7 Å². The fourth-order valence-corrected chi connectivity index (χ4v) is 1.15. The van der Waals surface area contributed by atoms with E-state index >= 15 is 0 Å². The summed E-state index contributed by atoms with van der Waals surface area (Å²) in [4.78, 5) is 25.3. The molecule has 2 aromatic heterocycles. The van der Waals surface area contributed by atoms with Gasteiger partial charge < -0.3 is 16.0 Å². The maximum atomic E-state index is 11.2. The van der Waals surface area contributed by atoms with E-state index in [0.717, 1.165) is 5.69 Å². The van der Waals surface area contributed by atoms with Crippen LogP contribution in [0.1, 0.15) is 5.69 Å². The average Bonchev–Trinajstić information content (AvgIpc) is 2.32. The van der Waals surface area contributed by atoms with Crippen molar-refractivity contribution in [3.8, 4) is 0 Å². The summed E-state index contributed by atoms with van der Waals surface area (Å²) in [6.07, 6.45) is 4.38. The Morgan fingerprint density at radius 2 is 2.31 bits per heavy atom. The summed E-state index contributed by atoms with van der Waals surface area (Å²) in [7, 11) is 0. The Morgan fingerprint density at radius 1 is 1.44 bits per heavy atom. The van der Waals surface area contributed by atoms with Crippen molar-refractivity contribution in [3.63, 3.8) is 0 Å². The van der Waals surface area contributed by atoms with E-state index in [2.05, 4.69) is 25.3 Å². The number of aromatic nitrogens is 4. The number of nitrogen functional groups attached to an aromatic ring is 1. The van der Waals surface area contributed by atoms with Gasteiger partial charge in [-0.05, 0) is 6.07 Å². The van der Waals surface area contributed by atoms with Gasteiger partial charge in [0.25, 0.3) is 5.56 Å². The van der Waals surface area contributed by atoms with Gasteiger partial charge in [-0.3, -0.25) is 4.79 Å². The van der Waals surface area contributed by atoms with E-state index in [1.807, 2.05) is 0 Å². The fourth-order valence-electron chi connectivity index (χ4n) is 1.15. The molecule has 4 N–H and O–H groups in total. The maximum absolute atomic E-state index is 11.2. The minimum atomic E-state index is -0.361.